The molecule has 0 aliphatic carbocycles. The number of rotatable bonds is 5. The maximum atomic E-state index is 10.8. The predicted octanol–water partition coefficient (Wildman–Crippen LogP) is 2.46. The first-order valence-corrected chi connectivity index (χ1v) is 5.38. The summed E-state index contributed by atoms with van der Waals surface area (Å²) in [5, 5.41) is 0. The molecule has 0 saturated heterocycles. The lowest BCUT2D eigenvalue weighted by molar-refractivity contribution is 0.112. The number of hydrogen-bond donors (Lipinski definition) is 1. The Morgan fingerprint density at radius 1 is 1.31 bits per heavy atom. The molecule has 1 aromatic carbocycles. The van der Waals surface area contributed by atoms with Crippen molar-refractivity contribution in [1.82, 2.24) is 0 Å². The number of thiol groups is 1. The van der Waals surface area contributed by atoms with Crippen LogP contribution >= 0.6 is 12.6 Å². The molecular weight excluding hydrogens is 224 g/mol. The molecule has 0 spiro atoms. The van der Waals surface area contributed by atoms with Crippen LogP contribution in [0.1, 0.15) is 15.9 Å². The fraction of sp³-hybridized carbons (Fsp3) is 0.250. The van der Waals surface area contributed by atoms with Crippen LogP contribution in [0.15, 0.2) is 18.2 Å². The lowest BCUT2D eigenvalue weighted by Gasteiger charge is -2.11. The zero-order valence-electron chi connectivity index (χ0n) is 9.27. The standard InChI is InChI=1S/C12H14O3S/c1-14-11-7-9(8-13)6-10(4-3-5-16)12(11)15-2/h3-4,6-8,16H,5H2,1-2H3. The minimum absolute atomic E-state index is 0.547. The molecule has 86 valence electrons. The van der Waals surface area contributed by atoms with Crippen LogP contribution in [-0.2, 0) is 0 Å². The van der Waals surface area contributed by atoms with Gasteiger partial charge in [0, 0.05) is 16.9 Å². The number of carbonyl (C=O) groups is 1. The van der Waals surface area contributed by atoms with Gasteiger partial charge in [0.2, 0.25) is 0 Å². The summed E-state index contributed by atoms with van der Waals surface area (Å²) in [7, 11) is 3.11. The maximum Gasteiger partial charge on any atom is 0.167 e. The van der Waals surface area contributed by atoms with Gasteiger partial charge in [-0.1, -0.05) is 12.2 Å². The molecule has 0 aliphatic heterocycles. The van der Waals surface area contributed by atoms with Gasteiger partial charge < -0.3 is 9.47 Å². The molecule has 1 rings (SSSR count). The Morgan fingerprint density at radius 3 is 2.56 bits per heavy atom. The van der Waals surface area contributed by atoms with Gasteiger partial charge in [-0.2, -0.15) is 12.6 Å². The second kappa shape index (κ2) is 6.23. The predicted molar refractivity (Wildman–Crippen MR) is 67.8 cm³/mol. The van der Waals surface area contributed by atoms with Crippen LogP contribution in [0.2, 0.25) is 0 Å². The molecule has 16 heavy (non-hydrogen) atoms. The van der Waals surface area contributed by atoms with E-state index in [1.165, 1.54) is 0 Å². The lowest BCUT2D eigenvalue weighted by atomic mass is 10.1. The molecule has 0 saturated carbocycles. The number of hydrogen-bond acceptors (Lipinski definition) is 4. The maximum absolute atomic E-state index is 10.8. The average Bonchev–Trinajstić information content (AvgIpc) is 2.34. The summed E-state index contributed by atoms with van der Waals surface area (Å²) in [5.74, 6) is 1.79. The second-order valence-electron chi connectivity index (χ2n) is 3.05. The zero-order valence-corrected chi connectivity index (χ0v) is 10.2. The fourth-order valence-electron chi connectivity index (χ4n) is 1.39. The number of aldehydes is 1. The number of methoxy groups -OCH3 is 2. The molecule has 0 bridgehead atoms. The van der Waals surface area contributed by atoms with Gasteiger partial charge in [0.05, 0.1) is 14.2 Å². The Bertz CT molecular complexity index is 399. The van der Waals surface area contributed by atoms with Gasteiger partial charge >= 0.3 is 0 Å². The van der Waals surface area contributed by atoms with Crippen LogP contribution in [-0.4, -0.2) is 26.3 Å². The molecule has 4 heteroatoms. The minimum atomic E-state index is 0.547. The summed E-state index contributed by atoms with van der Waals surface area (Å²) < 4.78 is 10.4. The smallest absolute Gasteiger partial charge is 0.167 e. The molecule has 0 unspecified atom stereocenters. The molecule has 3 nitrogen and oxygen atoms in total. The molecule has 0 aromatic heterocycles. The average molecular weight is 238 g/mol. The van der Waals surface area contributed by atoms with E-state index in [9.17, 15) is 4.79 Å². The summed E-state index contributed by atoms with van der Waals surface area (Å²) in [6, 6.07) is 3.39. The highest BCUT2D eigenvalue weighted by Crippen LogP contribution is 2.33. The normalized spacial score (nSPS) is 10.4. The number of benzene rings is 1. The highest BCUT2D eigenvalue weighted by atomic mass is 32.1. The summed E-state index contributed by atoms with van der Waals surface area (Å²) in [5.41, 5.74) is 1.36. The Kier molecular flexibility index (Phi) is 4.92. The summed E-state index contributed by atoms with van der Waals surface area (Å²) in [6.07, 6.45) is 4.50. The molecule has 0 amide bonds. The van der Waals surface area contributed by atoms with Gasteiger partial charge in [-0.25, -0.2) is 0 Å². The first-order chi connectivity index (χ1) is 7.76. The molecule has 0 fully saturated rings. The monoisotopic (exact) mass is 238 g/mol. The van der Waals surface area contributed by atoms with E-state index in [-0.39, 0.29) is 0 Å². The molecular formula is C12H14O3S. The molecule has 0 aliphatic rings. The van der Waals surface area contributed by atoms with Crippen molar-refractivity contribution in [3.05, 3.63) is 29.3 Å². The van der Waals surface area contributed by atoms with Crippen molar-refractivity contribution < 1.29 is 14.3 Å². The largest absolute Gasteiger partial charge is 0.493 e. The third-order valence-corrected chi connectivity index (χ3v) is 2.28. The van der Waals surface area contributed by atoms with E-state index in [1.54, 1.807) is 26.4 Å². The van der Waals surface area contributed by atoms with E-state index in [1.807, 2.05) is 12.2 Å². The molecule has 1 aromatic rings. The first-order valence-electron chi connectivity index (χ1n) is 4.75. The number of carbonyl (C=O) groups excluding carboxylic acids is 1. The SMILES string of the molecule is COc1cc(C=O)cc(C=CCS)c1OC. The topological polar surface area (TPSA) is 35.5 Å². The van der Waals surface area contributed by atoms with Crippen LogP contribution in [0.3, 0.4) is 0 Å². The Hall–Kier alpha value is -1.42. The van der Waals surface area contributed by atoms with E-state index >= 15 is 0 Å². The van der Waals surface area contributed by atoms with Crippen LogP contribution in [0.25, 0.3) is 6.08 Å². The van der Waals surface area contributed by atoms with Crippen molar-refractivity contribution >= 4 is 25.0 Å². The molecule has 0 radical (unpaired) electrons. The van der Waals surface area contributed by atoms with Crippen molar-refractivity contribution in [1.29, 1.82) is 0 Å². The summed E-state index contributed by atoms with van der Waals surface area (Å²) in [6.45, 7) is 0. The van der Waals surface area contributed by atoms with Gasteiger partial charge in [0.15, 0.2) is 11.5 Å². The van der Waals surface area contributed by atoms with Crippen molar-refractivity contribution in [3.63, 3.8) is 0 Å². The van der Waals surface area contributed by atoms with E-state index in [0.717, 1.165) is 11.8 Å². The Balaban J connectivity index is 3.30. The van der Waals surface area contributed by atoms with Crippen LogP contribution in [0.4, 0.5) is 0 Å². The Morgan fingerprint density at radius 2 is 2.06 bits per heavy atom. The Labute approximate surface area is 100 Å². The van der Waals surface area contributed by atoms with Gasteiger partial charge in [-0.05, 0) is 12.1 Å². The summed E-state index contributed by atoms with van der Waals surface area (Å²) >= 11 is 4.08. The third kappa shape index (κ3) is 2.79. The molecule has 0 N–H and O–H groups in total. The van der Waals surface area contributed by atoms with Gasteiger partial charge in [0.1, 0.15) is 6.29 Å². The lowest BCUT2D eigenvalue weighted by Crippen LogP contribution is -1.95. The van der Waals surface area contributed by atoms with Crippen molar-refractivity contribution in [3.8, 4) is 11.5 Å². The molecule has 0 heterocycles. The minimum Gasteiger partial charge on any atom is -0.493 e. The fourth-order valence-corrected chi connectivity index (χ4v) is 1.49. The van der Waals surface area contributed by atoms with Crippen LogP contribution < -0.4 is 9.47 Å². The second-order valence-corrected chi connectivity index (χ2v) is 3.41. The highest BCUT2D eigenvalue weighted by molar-refractivity contribution is 7.80. The summed E-state index contributed by atoms with van der Waals surface area (Å²) in [4.78, 5) is 10.8. The number of ether oxygens (including phenoxy) is 2. The van der Waals surface area contributed by atoms with E-state index in [2.05, 4.69) is 12.6 Å². The first kappa shape index (κ1) is 12.6. The zero-order chi connectivity index (χ0) is 12.0. The van der Waals surface area contributed by atoms with E-state index in [0.29, 0.717) is 22.8 Å². The highest BCUT2D eigenvalue weighted by Gasteiger charge is 2.09. The van der Waals surface area contributed by atoms with Gasteiger partial charge in [0.25, 0.3) is 0 Å². The molecule has 0 atom stereocenters. The quantitative estimate of drug-likeness (QED) is 0.632. The van der Waals surface area contributed by atoms with E-state index < -0.39 is 0 Å². The van der Waals surface area contributed by atoms with Gasteiger partial charge in [-0.15, -0.1) is 0 Å². The van der Waals surface area contributed by atoms with Gasteiger partial charge in [-0.3, -0.25) is 4.79 Å². The van der Waals surface area contributed by atoms with E-state index in [4.69, 9.17) is 9.47 Å². The van der Waals surface area contributed by atoms with Crippen LogP contribution in [0, 0.1) is 0 Å². The van der Waals surface area contributed by atoms with Crippen molar-refractivity contribution in [2.45, 2.75) is 0 Å². The van der Waals surface area contributed by atoms with Crippen molar-refractivity contribution in [2.75, 3.05) is 20.0 Å². The van der Waals surface area contributed by atoms with Crippen LogP contribution in [0.5, 0.6) is 11.5 Å². The third-order valence-electron chi connectivity index (χ3n) is 2.07. The van der Waals surface area contributed by atoms with Crippen molar-refractivity contribution in [2.24, 2.45) is 0 Å².